The van der Waals surface area contributed by atoms with Crippen LogP contribution in [0.3, 0.4) is 0 Å². The molecule has 0 unspecified atom stereocenters. The summed E-state index contributed by atoms with van der Waals surface area (Å²) in [5.41, 5.74) is 3.81. The van der Waals surface area contributed by atoms with E-state index in [-0.39, 0.29) is 0 Å². The molecule has 0 spiro atoms. The van der Waals surface area contributed by atoms with E-state index in [1.54, 1.807) is 0 Å². The lowest BCUT2D eigenvalue weighted by Gasteiger charge is -2.08. The van der Waals surface area contributed by atoms with Crippen molar-refractivity contribution in [3.05, 3.63) is 64.7 Å². The van der Waals surface area contributed by atoms with Crippen molar-refractivity contribution in [2.24, 2.45) is 0 Å². The van der Waals surface area contributed by atoms with E-state index in [9.17, 15) is 0 Å². The lowest BCUT2D eigenvalue weighted by molar-refractivity contribution is 1.01. The van der Waals surface area contributed by atoms with Crippen LogP contribution >= 0.6 is 11.6 Å². The van der Waals surface area contributed by atoms with Gasteiger partial charge < -0.3 is 5.32 Å². The van der Waals surface area contributed by atoms with Crippen LogP contribution in [0.1, 0.15) is 11.1 Å². The summed E-state index contributed by atoms with van der Waals surface area (Å²) in [6, 6.07) is 16.3. The van der Waals surface area contributed by atoms with Crippen molar-refractivity contribution in [1.82, 2.24) is 0 Å². The molecule has 0 aromatic heterocycles. The van der Waals surface area contributed by atoms with E-state index in [1.807, 2.05) is 24.3 Å². The Balaban J connectivity index is 1.90. The maximum atomic E-state index is 5.93. The molecule has 0 aliphatic carbocycles. The summed E-state index contributed by atoms with van der Waals surface area (Å²) in [5.74, 6) is 0. The Morgan fingerprint density at radius 3 is 2.65 bits per heavy atom. The first-order valence-electron chi connectivity index (χ1n) is 5.79. The smallest absolute Gasteiger partial charge is 0.0426 e. The van der Waals surface area contributed by atoms with E-state index in [0.717, 1.165) is 23.7 Å². The monoisotopic (exact) mass is 245 g/mol. The van der Waals surface area contributed by atoms with E-state index in [0.29, 0.717) is 0 Å². The van der Waals surface area contributed by atoms with E-state index in [1.165, 1.54) is 11.1 Å². The Bertz CT molecular complexity index is 494. The highest BCUT2D eigenvalue weighted by Gasteiger charge is 1.97. The number of nitrogens with one attached hydrogen (secondary N) is 1. The van der Waals surface area contributed by atoms with Gasteiger partial charge in [0.15, 0.2) is 0 Å². The van der Waals surface area contributed by atoms with Crippen molar-refractivity contribution in [2.75, 3.05) is 11.9 Å². The van der Waals surface area contributed by atoms with Crippen LogP contribution < -0.4 is 5.32 Å². The second-order valence-corrected chi connectivity index (χ2v) is 4.55. The third-order valence-corrected chi connectivity index (χ3v) is 3.04. The Morgan fingerprint density at radius 1 is 1.06 bits per heavy atom. The minimum Gasteiger partial charge on any atom is -0.385 e. The van der Waals surface area contributed by atoms with Gasteiger partial charge in [-0.1, -0.05) is 41.9 Å². The highest BCUT2D eigenvalue weighted by molar-refractivity contribution is 6.30. The number of benzene rings is 2. The molecule has 0 heterocycles. The highest BCUT2D eigenvalue weighted by atomic mass is 35.5. The molecule has 2 rings (SSSR count). The van der Waals surface area contributed by atoms with Crippen LogP contribution in [0, 0.1) is 6.92 Å². The zero-order chi connectivity index (χ0) is 12.1. The van der Waals surface area contributed by atoms with E-state index in [2.05, 4.69) is 36.5 Å². The third kappa shape index (κ3) is 3.50. The van der Waals surface area contributed by atoms with Crippen LogP contribution in [0.15, 0.2) is 48.5 Å². The number of rotatable bonds is 4. The molecular weight excluding hydrogens is 230 g/mol. The van der Waals surface area contributed by atoms with Crippen molar-refractivity contribution >= 4 is 17.3 Å². The lowest BCUT2D eigenvalue weighted by atomic mass is 10.1. The van der Waals surface area contributed by atoms with Gasteiger partial charge in [0, 0.05) is 17.3 Å². The first-order valence-corrected chi connectivity index (χ1v) is 6.17. The second-order valence-electron chi connectivity index (χ2n) is 4.11. The van der Waals surface area contributed by atoms with Crippen LogP contribution in [0.2, 0.25) is 5.02 Å². The first kappa shape index (κ1) is 12.0. The molecule has 0 amide bonds. The van der Waals surface area contributed by atoms with Gasteiger partial charge in [0.2, 0.25) is 0 Å². The Kier molecular flexibility index (Phi) is 4.05. The molecule has 0 bridgehead atoms. The predicted molar refractivity (Wildman–Crippen MR) is 74.8 cm³/mol. The van der Waals surface area contributed by atoms with Crippen LogP contribution in [0.25, 0.3) is 0 Å². The SMILES string of the molecule is Cc1ccccc1CCNc1cccc(Cl)c1. The van der Waals surface area contributed by atoms with Crippen LogP contribution in [0.4, 0.5) is 5.69 Å². The molecule has 1 N–H and O–H groups in total. The summed E-state index contributed by atoms with van der Waals surface area (Å²) in [4.78, 5) is 0. The molecule has 0 fully saturated rings. The molecule has 17 heavy (non-hydrogen) atoms. The lowest BCUT2D eigenvalue weighted by Crippen LogP contribution is -2.05. The largest absolute Gasteiger partial charge is 0.385 e. The zero-order valence-electron chi connectivity index (χ0n) is 9.91. The van der Waals surface area contributed by atoms with Crippen molar-refractivity contribution in [2.45, 2.75) is 13.3 Å². The molecule has 0 aliphatic heterocycles. The molecule has 0 radical (unpaired) electrons. The van der Waals surface area contributed by atoms with Crippen LogP contribution in [0.5, 0.6) is 0 Å². The molecule has 2 heteroatoms. The standard InChI is InChI=1S/C15H16ClN/c1-12-5-2-3-6-13(12)9-10-17-15-8-4-7-14(16)11-15/h2-8,11,17H,9-10H2,1H3. The summed E-state index contributed by atoms with van der Waals surface area (Å²) < 4.78 is 0. The molecule has 0 atom stereocenters. The van der Waals surface area contributed by atoms with Gasteiger partial charge >= 0.3 is 0 Å². The average molecular weight is 246 g/mol. The highest BCUT2D eigenvalue weighted by Crippen LogP contribution is 2.15. The molecule has 2 aromatic rings. The number of halogens is 1. The molecule has 88 valence electrons. The summed E-state index contributed by atoms with van der Waals surface area (Å²) in [7, 11) is 0. The van der Waals surface area contributed by atoms with Crippen molar-refractivity contribution in [3.63, 3.8) is 0 Å². The second kappa shape index (κ2) is 5.74. The third-order valence-electron chi connectivity index (χ3n) is 2.81. The average Bonchev–Trinajstić information content (AvgIpc) is 2.32. The van der Waals surface area contributed by atoms with Gasteiger partial charge in [-0.05, 0) is 42.7 Å². The molecule has 0 saturated heterocycles. The molecule has 0 saturated carbocycles. The minimum atomic E-state index is 0.769. The van der Waals surface area contributed by atoms with Crippen LogP contribution in [-0.4, -0.2) is 6.54 Å². The summed E-state index contributed by atoms with van der Waals surface area (Å²) in [6.07, 6.45) is 1.03. The van der Waals surface area contributed by atoms with Crippen molar-refractivity contribution in [3.8, 4) is 0 Å². The molecular formula is C15H16ClN. The summed E-state index contributed by atoms with van der Waals surface area (Å²) in [5, 5.41) is 4.15. The fourth-order valence-corrected chi connectivity index (χ4v) is 2.02. The fourth-order valence-electron chi connectivity index (χ4n) is 1.83. The van der Waals surface area contributed by atoms with E-state index in [4.69, 9.17) is 11.6 Å². The topological polar surface area (TPSA) is 12.0 Å². The number of hydrogen-bond acceptors (Lipinski definition) is 1. The molecule has 0 aliphatic rings. The van der Waals surface area contributed by atoms with Gasteiger partial charge in [0.05, 0.1) is 0 Å². The van der Waals surface area contributed by atoms with Gasteiger partial charge in [0.25, 0.3) is 0 Å². The Hall–Kier alpha value is -1.47. The normalized spacial score (nSPS) is 10.2. The Morgan fingerprint density at radius 2 is 1.88 bits per heavy atom. The Labute approximate surface area is 107 Å². The van der Waals surface area contributed by atoms with Gasteiger partial charge in [-0.2, -0.15) is 0 Å². The zero-order valence-corrected chi connectivity index (χ0v) is 10.7. The number of hydrogen-bond donors (Lipinski definition) is 1. The van der Waals surface area contributed by atoms with Crippen molar-refractivity contribution in [1.29, 1.82) is 0 Å². The molecule has 1 nitrogen and oxygen atoms in total. The van der Waals surface area contributed by atoms with E-state index < -0.39 is 0 Å². The minimum absolute atomic E-state index is 0.769. The van der Waals surface area contributed by atoms with Gasteiger partial charge in [-0.15, -0.1) is 0 Å². The maximum Gasteiger partial charge on any atom is 0.0426 e. The first-order chi connectivity index (χ1) is 8.25. The van der Waals surface area contributed by atoms with E-state index >= 15 is 0 Å². The quantitative estimate of drug-likeness (QED) is 0.847. The molecule has 2 aromatic carbocycles. The predicted octanol–water partition coefficient (Wildman–Crippen LogP) is 4.30. The summed E-state index contributed by atoms with van der Waals surface area (Å²) >= 11 is 5.93. The van der Waals surface area contributed by atoms with Gasteiger partial charge in [-0.25, -0.2) is 0 Å². The van der Waals surface area contributed by atoms with Crippen LogP contribution in [-0.2, 0) is 6.42 Å². The number of aryl methyl sites for hydroxylation is 1. The van der Waals surface area contributed by atoms with Gasteiger partial charge in [0.1, 0.15) is 0 Å². The maximum absolute atomic E-state index is 5.93. The van der Waals surface area contributed by atoms with Crippen molar-refractivity contribution < 1.29 is 0 Å². The number of anilines is 1. The fraction of sp³-hybridized carbons (Fsp3) is 0.200. The van der Waals surface area contributed by atoms with Gasteiger partial charge in [-0.3, -0.25) is 0 Å². The summed E-state index contributed by atoms with van der Waals surface area (Å²) in [6.45, 7) is 3.07.